The van der Waals surface area contributed by atoms with Gasteiger partial charge in [-0.3, -0.25) is 4.79 Å². The number of nitrogens with zero attached hydrogens (tertiary/aromatic N) is 3. The lowest BCUT2D eigenvalue weighted by molar-refractivity contribution is 0.414. The second-order valence-electron chi connectivity index (χ2n) is 5.15. The molecule has 6 heteroatoms. The molecule has 5 nitrogen and oxygen atoms in total. The molecule has 0 saturated heterocycles. The van der Waals surface area contributed by atoms with E-state index in [9.17, 15) is 4.79 Å². The summed E-state index contributed by atoms with van der Waals surface area (Å²) in [5.41, 5.74) is 1.57. The maximum absolute atomic E-state index is 12.6. The normalized spacial score (nSPS) is 12.0. The van der Waals surface area contributed by atoms with Crippen LogP contribution in [0.5, 0.6) is 5.75 Å². The molecule has 2 aromatic heterocycles. The van der Waals surface area contributed by atoms with Crippen molar-refractivity contribution in [2.75, 3.05) is 7.11 Å². The van der Waals surface area contributed by atoms with Gasteiger partial charge < -0.3 is 4.74 Å². The number of methoxy groups -OCH3 is 1. The summed E-state index contributed by atoms with van der Waals surface area (Å²) in [4.78, 5) is 17.6. The van der Waals surface area contributed by atoms with Crippen LogP contribution in [0.2, 0.25) is 0 Å². The van der Waals surface area contributed by atoms with Crippen LogP contribution in [0.3, 0.4) is 0 Å². The van der Waals surface area contributed by atoms with Crippen LogP contribution in [-0.4, -0.2) is 21.7 Å². The maximum Gasteiger partial charge on any atom is 0.291 e. The average molecular weight is 335 g/mol. The van der Waals surface area contributed by atoms with Crippen molar-refractivity contribution in [3.63, 3.8) is 0 Å². The minimum atomic E-state index is -0.171. The molecule has 0 fully saturated rings. The van der Waals surface area contributed by atoms with Gasteiger partial charge in [-0.1, -0.05) is 59.9 Å². The first-order valence-electron chi connectivity index (χ1n) is 7.36. The van der Waals surface area contributed by atoms with E-state index in [-0.39, 0.29) is 5.56 Å². The van der Waals surface area contributed by atoms with Gasteiger partial charge in [-0.2, -0.15) is 9.50 Å². The van der Waals surface area contributed by atoms with Crippen molar-refractivity contribution in [3.8, 4) is 17.1 Å². The Balaban J connectivity index is 1.85. The Morgan fingerprint density at radius 2 is 1.83 bits per heavy atom. The minimum absolute atomic E-state index is 0.171. The molecule has 0 radical (unpaired) electrons. The molecule has 0 amide bonds. The number of hydrogen-bond donors (Lipinski definition) is 0. The summed E-state index contributed by atoms with van der Waals surface area (Å²) in [6, 6.07) is 17.2. The van der Waals surface area contributed by atoms with Gasteiger partial charge in [0.1, 0.15) is 5.75 Å². The van der Waals surface area contributed by atoms with Crippen molar-refractivity contribution in [3.05, 3.63) is 75.0 Å². The summed E-state index contributed by atoms with van der Waals surface area (Å²) in [6.07, 6.45) is 1.81. The minimum Gasteiger partial charge on any atom is -0.496 e. The molecule has 0 saturated carbocycles. The zero-order valence-corrected chi connectivity index (χ0v) is 13.7. The molecule has 0 N–H and O–H groups in total. The number of hydrogen-bond acceptors (Lipinski definition) is 5. The van der Waals surface area contributed by atoms with E-state index in [2.05, 4.69) is 10.1 Å². The number of benzene rings is 2. The molecule has 4 rings (SSSR count). The number of thiazole rings is 1. The lowest BCUT2D eigenvalue weighted by Crippen LogP contribution is -2.23. The molecular weight excluding hydrogens is 322 g/mol. The highest BCUT2D eigenvalue weighted by Crippen LogP contribution is 2.18. The molecule has 24 heavy (non-hydrogen) atoms. The van der Waals surface area contributed by atoms with Gasteiger partial charge in [-0.05, 0) is 12.1 Å². The monoisotopic (exact) mass is 335 g/mol. The molecule has 118 valence electrons. The fourth-order valence-corrected chi connectivity index (χ4v) is 3.37. The summed E-state index contributed by atoms with van der Waals surface area (Å²) in [7, 11) is 1.61. The zero-order valence-electron chi connectivity index (χ0n) is 12.8. The summed E-state index contributed by atoms with van der Waals surface area (Å²) in [5.74, 6) is 1.28. The van der Waals surface area contributed by atoms with Crippen LogP contribution in [0.25, 0.3) is 22.4 Å². The Morgan fingerprint density at radius 3 is 2.58 bits per heavy atom. The molecule has 0 aliphatic carbocycles. The quantitative estimate of drug-likeness (QED) is 0.577. The van der Waals surface area contributed by atoms with Crippen LogP contribution in [-0.2, 0) is 0 Å². The molecular formula is C18H13N3O2S. The highest BCUT2D eigenvalue weighted by atomic mass is 32.1. The highest BCUT2D eigenvalue weighted by Gasteiger charge is 2.12. The Morgan fingerprint density at radius 1 is 1.08 bits per heavy atom. The van der Waals surface area contributed by atoms with Crippen LogP contribution < -0.4 is 14.8 Å². The van der Waals surface area contributed by atoms with Crippen LogP contribution in [0.15, 0.2) is 59.4 Å². The number of fused-ring (bicyclic) bond motifs is 1. The Kier molecular flexibility index (Phi) is 3.59. The van der Waals surface area contributed by atoms with Gasteiger partial charge in [-0.25, -0.2) is 0 Å². The fourth-order valence-electron chi connectivity index (χ4n) is 2.47. The first-order chi connectivity index (χ1) is 11.8. The van der Waals surface area contributed by atoms with Crippen molar-refractivity contribution in [2.45, 2.75) is 0 Å². The second-order valence-corrected chi connectivity index (χ2v) is 6.16. The van der Waals surface area contributed by atoms with E-state index in [4.69, 9.17) is 4.74 Å². The molecule has 0 aliphatic rings. The molecule has 0 atom stereocenters. The molecule has 0 bridgehead atoms. The summed E-state index contributed by atoms with van der Waals surface area (Å²) in [6.45, 7) is 0. The second kappa shape index (κ2) is 5.90. The van der Waals surface area contributed by atoms with Crippen LogP contribution >= 0.6 is 11.3 Å². The number of ether oxygens (including phenoxy) is 1. The maximum atomic E-state index is 12.6. The van der Waals surface area contributed by atoms with Crippen molar-refractivity contribution in [1.29, 1.82) is 0 Å². The van der Waals surface area contributed by atoms with Gasteiger partial charge in [0, 0.05) is 11.1 Å². The Labute approximate surface area is 141 Å². The van der Waals surface area contributed by atoms with Gasteiger partial charge in [0.15, 0.2) is 5.82 Å². The summed E-state index contributed by atoms with van der Waals surface area (Å²) >= 11 is 1.32. The summed E-state index contributed by atoms with van der Waals surface area (Å²) in [5, 5.41) is 4.34. The largest absolute Gasteiger partial charge is 0.496 e. The number of para-hydroxylation sites is 1. The molecule has 0 aliphatic heterocycles. The lowest BCUT2D eigenvalue weighted by atomic mass is 10.2. The molecule has 0 unspecified atom stereocenters. The van der Waals surface area contributed by atoms with Gasteiger partial charge in [0.2, 0.25) is 4.96 Å². The Hall–Kier alpha value is -2.99. The topological polar surface area (TPSA) is 56.5 Å². The lowest BCUT2D eigenvalue weighted by Gasteiger charge is -2.02. The third-order valence-electron chi connectivity index (χ3n) is 3.64. The number of aromatic nitrogens is 3. The molecule has 0 spiro atoms. The molecule has 4 aromatic rings. The first-order valence-corrected chi connectivity index (χ1v) is 8.17. The van der Waals surface area contributed by atoms with Crippen LogP contribution in [0.4, 0.5) is 0 Å². The molecule has 2 aromatic carbocycles. The van der Waals surface area contributed by atoms with E-state index in [1.807, 2.05) is 60.7 Å². The van der Waals surface area contributed by atoms with E-state index >= 15 is 0 Å². The number of rotatable bonds is 3. The highest BCUT2D eigenvalue weighted by molar-refractivity contribution is 7.15. The van der Waals surface area contributed by atoms with Crippen LogP contribution in [0, 0.1) is 0 Å². The predicted octanol–water partition coefficient (Wildman–Crippen LogP) is 2.37. The van der Waals surface area contributed by atoms with E-state index in [0.29, 0.717) is 15.3 Å². The van der Waals surface area contributed by atoms with E-state index in [0.717, 1.165) is 16.9 Å². The van der Waals surface area contributed by atoms with Crippen molar-refractivity contribution in [1.82, 2.24) is 14.6 Å². The third-order valence-corrected chi connectivity index (χ3v) is 4.60. The van der Waals surface area contributed by atoms with Gasteiger partial charge in [0.25, 0.3) is 5.56 Å². The fraction of sp³-hybridized carbons (Fsp3) is 0.0556. The predicted molar refractivity (Wildman–Crippen MR) is 94.3 cm³/mol. The SMILES string of the molecule is COc1ccccc1/C=c1\sc2nc(-c3ccccc3)nn2c1=O. The van der Waals surface area contributed by atoms with E-state index in [1.165, 1.54) is 15.9 Å². The first kappa shape index (κ1) is 14.6. The Bertz CT molecular complexity index is 1120. The smallest absolute Gasteiger partial charge is 0.291 e. The van der Waals surface area contributed by atoms with Crippen molar-refractivity contribution >= 4 is 22.4 Å². The average Bonchev–Trinajstić information content (AvgIpc) is 3.16. The van der Waals surface area contributed by atoms with Crippen molar-refractivity contribution < 1.29 is 4.74 Å². The van der Waals surface area contributed by atoms with Crippen LogP contribution in [0.1, 0.15) is 5.56 Å². The zero-order chi connectivity index (χ0) is 16.5. The van der Waals surface area contributed by atoms with E-state index in [1.54, 1.807) is 7.11 Å². The third kappa shape index (κ3) is 2.47. The van der Waals surface area contributed by atoms with Gasteiger partial charge in [-0.15, -0.1) is 5.10 Å². The van der Waals surface area contributed by atoms with Gasteiger partial charge >= 0.3 is 0 Å². The summed E-state index contributed by atoms with van der Waals surface area (Å²) < 4.78 is 7.26. The van der Waals surface area contributed by atoms with Gasteiger partial charge in [0.05, 0.1) is 11.6 Å². The standard InChI is InChI=1S/C18H13N3O2S/c1-23-14-10-6-5-9-13(14)11-15-17(22)21-18(24-15)19-16(20-21)12-7-3-2-4-8-12/h2-11H,1H3/b15-11-. The van der Waals surface area contributed by atoms with E-state index < -0.39 is 0 Å². The van der Waals surface area contributed by atoms with Crippen molar-refractivity contribution in [2.24, 2.45) is 0 Å². The molecule has 2 heterocycles.